The van der Waals surface area contributed by atoms with E-state index < -0.39 is 37.3 Å². The molecule has 0 aromatic rings. The van der Waals surface area contributed by atoms with E-state index in [0.29, 0.717) is 0 Å². The third-order valence-electron chi connectivity index (χ3n) is 1.91. The highest BCUT2D eigenvalue weighted by Crippen LogP contribution is 2.23. The van der Waals surface area contributed by atoms with Crippen molar-refractivity contribution >= 4 is 0 Å². The maximum atomic E-state index is 12.9. The van der Waals surface area contributed by atoms with E-state index >= 15 is 0 Å². The summed E-state index contributed by atoms with van der Waals surface area (Å²) < 4.78 is 75.5. The molecule has 94 valence electrons. The quantitative estimate of drug-likeness (QED) is 0.474. The molecule has 0 saturated carbocycles. The highest BCUT2D eigenvalue weighted by Gasteiger charge is 2.39. The van der Waals surface area contributed by atoms with Crippen LogP contribution in [0, 0.1) is 0 Å². The van der Waals surface area contributed by atoms with Gasteiger partial charge in [0.05, 0.1) is 6.33 Å². The van der Waals surface area contributed by atoms with Crippen LogP contribution in [0.15, 0.2) is 25.1 Å². The number of allylic oxidation sites excluding steroid dienone is 2. The largest absolute Gasteiger partial charge is 0.244 e. The third kappa shape index (κ3) is 4.28. The van der Waals surface area contributed by atoms with Crippen molar-refractivity contribution in [2.24, 2.45) is 0 Å². The summed E-state index contributed by atoms with van der Waals surface area (Å²) in [5.41, 5.74) is 0. The molecule has 0 spiro atoms. The molecule has 0 aliphatic carbocycles. The van der Waals surface area contributed by atoms with Crippen LogP contribution >= 0.6 is 0 Å². The number of rotatable bonds is 7. The molecule has 0 aliphatic rings. The molecule has 0 fully saturated rings. The minimum Gasteiger partial charge on any atom is -0.244 e. The molecular weight excluding hydrogens is 234 g/mol. The molecule has 0 rings (SSSR count). The van der Waals surface area contributed by atoms with Crippen LogP contribution in [-0.4, -0.2) is 30.9 Å². The summed E-state index contributed by atoms with van der Waals surface area (Å²) in [7, 11) is 0. The predicted molar refractivity (Wildman–Crippen MR) is 49.5 cm³/mol. The molecule has 0 aromatic carbocycles. The van der Waals surface area contributed by atoms with Gasteiger partial charge in [0.25, 0.3) is 0 Å². The second-order valence-electron chi connectivity index (χ2n) is 3.14. The Balaban J connectivity index is 4.40. The zero-order chi connectivity index (χ0) is 12.7. The van der Waals surface area contributed by atoms with Gasteiger partial charge in [-0.1, -0.05) is 6.08 Å². The third-order valence-corrected chi connectivity index (χ3v) is 1.91. The molecule has 5 atom stereocenters. The van der Waals surface area contributed by atoms with Crippen LogP contribution in [0.4, 0.5) is 26.3 Å². The van der Waals surface area contributed by atoms with Crippen LogP contribution in [0.3, 0.4) is 0 Å². The maximum Gasteiger partial charge on any atom is 0.169 e. The molecule has 0 aliphatic heterocycles. The Morgan fingerprint density at radius 3 is 1.94 bits per heavy atom. The van der Waals surface area contributed by atoms with Crippen molar-refractivity contribution in [1.82, 2.24) is 0 Å². The van der Waals surface area contributed by atoms with E-state index in [9.17, 15) is 26.3 Å². The molecule has 0 amide bonds. The Morgan fingerprint density at radius 2 is 1.50 bits per heavy atom. The second kappa shape index (κ2) is 7.35. The van der Waals surface area contributed by atoms with Gasteiger partial charge in [0, 0.05) is 0 Å². The molecular formula is C10H12F6. The van der Waals surface area contributed by atoms with E-state index in [1.807, 2.05) is 0 Å². The van der Waals surface area contributed by atoms with Gasteiger partial charge >= 0.3 is 0 Å². The van der Waals surface area contributed by atoms with Crippen LogP contribution in [0.25, 0.3) is 0 Å². The summed E-state index contributed by atoms with van der Waals surface area (Å²) in [6.45, 7) is 3.09. The average Bonchev–Trinajstić information content (AvgIpc) is 2.26. The van der Waals surface area contributed by atoms with Gasteiger partial charge in [0.15, 0.2) is 24.7 Å². The van der Waals surface area contributed by atoms with Crippen LogP contribution in [0.1, 0.15) is 6.42 Å². The Labute approximate surface area is 89.6 Å². The lowest BCUT2D eigenvalue weighted by atomic mass is 10.0. The van der Waals surface area contributed by atoms with Crippen LogP contribution in [0.5, 0.6) is 0 Å². The van der Waals surface area contributed by atoms with Crippen LogP contribution in [-0.2, 0) is 0 Å². The van der Waals surface area contributed by atoms with Crippen molar-refractivity contribution in [3.8, 4) is 0 Å². The van der Waals surface area contributed by atoms with E-state index in [0.717, 1.165) is 6.08 Å². The van der Waals surface area contributed by atoms with Crippen molar-refractivity contribution in [2.75, 3.05) is 0 Å². The fourth-order valence-electron chi connectivity index (χ4n) is 1.02. The highest BCUT2D eigenvalue weighted by molar-refractivity contribution is 4.95. The van der Waals surface area contributed by atoms with Gasteiger partial charge in [-0.25, -0.2) is 26.3 Å². The molecule has 0 N–H and O–H groups in total. The van der Waals surface area contributed by atoms with Crippen molar-refractivity contribution < 1.29 is 26.3 Å². The van der Waals surface area contributed by atoms with Gasteiger partial charge in [0.2, 0.25) is 0 Å². The van der Waals surface area contributed by atoms with E-state index in [4.69, 9.17) is 0 Å². The van der Waals surface area contributed by atoms with Crippen LogP contribution < -0.4 is 0 Å². The van der Waals surface area contributed by atoms with E-state index in [2.05, 4.69) is 6.58 Å². The van der Waals surface area contributed by atoms with Crippen molar-refractivity contribution in [2.45, 2.75) is 37.3 Å². The summed E-state index contributed by atoms with van der Waals surface area (Å²) in [6, 6.07) is 0. The number of halogens is 6. The SMILES string of the molecule is C=CCC(F)C(F)C(F)C(F)C(F)C=CF. The zero-order valence-corrected chi connectivity index (χ0v) is 8.30. The van der Waals surface area contributed by atoms with Gasteiger partial charge in [-0.05, 0) is 12.5 Å². The Hall–Kier alpha value is -0.940. The summed E-state index contributed by atoms with van der Waals surface area (Å²) in [6.07, 6.45) is -13.4. The second-order valence-corrected chi connectivity index (χ2v) is 3.14. The number of hydrogen-bond acceptors (Lipinski definition) is 0. The highest BCUT2D eigenvalue weighted by atomic mass is 19.2. The monoisotopic (exact) mass is 246 g/mol. The Kier molecular flexibility index (Phi) is 6.92. The number of alkyl halides is 5. The molecule has 0 heterocycles. The lowest BCUT2D eigenvalue weighted by molar-refractivity contribution is 0.0119. The fraction of sp³-hybridized carbons (Fsp3) is 0.600. The lowest BCUT2D eigenvalue weighted by Gasteiger charge is -2.20. The van der Waals surface area contributed by atoms with Crippen molar-refractivity contribution in [3.63, 3.8) is 0 Å². The lowest BCUT2D eigenvalue weighted by Crippen LogP contribution is -2.39. The average molecular weight is 246 g/mol. The molecule has 0 saturated heterocycles. The Morgan fingerprint density at radius 1 is 0.938 bits per heavy atom. The maximum absolute atomic E-state index is 12.9. The molecule has 16 heavy (non-hydrogen) atoms. The first-order chi connectivity index (χ1) is 7.45. The molecule has 6 heteroatoms. The van der Waals surface area contributed by atoms with Gasteiger partial charge in [0.1, 0.15) is 6.17 Å². The van der Waals surface area contributed by atoms with Gasteiger partial charge < -0.3 is 0 Å². The normalized spacial score (nSPS) is 21.4. The summed E-state index contributed by atoms with van der Waals surface area (Å²) in [4.78, 5) is 0. The zero-order valence-electron chi connectivity index (χ0n) is 8.30. The topological polar surface area (TPSA) is 0 Å². The van der Waals surface area contributed by atoms with Crippen LogP contribution in [0.2, 0.25) is 0 Å². The van der Waals surface area contributed by atoms with Gasteiger partial charge in [-0.15, -0.1) is 6.58 Å². The smallest absolute Gasteiger partial charge is 0.169 e. The number of hydrogen-bond donors (Lipinski definition) is 0. The first-order valence-corrected chi connectivity index (χ1v) is 4.53. The summed E-state index contributed by atoms with van der Waals surface area (Å²) in [5.74, 6) is 0. The van der Waals surface area contributed by atoms with Gasteiger partial charge in [-0.3, -0.25) is 0 Å². The molecule has 0 radical (unpaired) electrons. The van der Waals surface area contributed by atoms with Gasteiger partial charge in [-0.2, -0.15) is 0 Å². The first kappa shape index (κ1) is 15.1. The van der Waals surface area contributed by atoms with Crippen molar-refractivity contribution in [3.05, 3.63) is 25.1 Å². The molecule has 0 aromatic heterocycles. The minimum atomic E-state index is -2.99. The van der Waals surface area contributed by atoms with Crippen molar-refractivity contribution in [1.29, 1.82) is 0 Å². The fourth-order valence-corrected chi connectivity index (χ4v) is 1.02. The Bertz CT molecular complexity index is 229. The summed E-state index contributed by atoms with van der Waals surface area (Å²) >= 11 is 0. The van der Waals surface area contributed by atoms with E-state index in [1.54, 1.807) is 0 Å². The molecule has 0 nitrogen and oxygen atoms in total. The molecule has 0 bridgehead atoms. The minimum absolute atomic E-state index is 0.0880. The van der Waals surface area contributed by atoms with E-state index in [1.165, 1.54) is 0 Å². The predicted octanol–water partition coefficient (Wildman–Crippen LogP) is 3.74. The standard InChI is InChI=1S/C10H12F6/c1-2-3-6(12)8(14)10(16)9(15)7(13)4-5-11/h2,4-10H,1,3H2. The van der Waals surface area contributed by atoms with E-state index in [-0.39, 0.29) is 12.4 Å². The first-order valence-electron chi connectivity index (χ1n) is 4.53. The molecule has 5 unspecified atom stereocenters. The summed E-state index contributed by atoms with van der Waals surface area (Å²) in [5, 5.41) is 0.